The van der Waals surface area contributed by atoms with Gasteiger partial charge in [0.15, 0.2) is 0 Å². The van der Waals surface area contributed by atoms with Crippen molar-refractivity contribution in [3.63, 3.8) is 0 Å². The zero-order chi connectivity index (χ0) is 13.0. The number of piperazine rings is 1. The molecule has 0 atom stereocenters. The first-order valence-corrected chi connectivity index (χ1v) is 6.54. The second kappa shape index (κ2) is 6.15. The molecule has 0 bridgehead atoms. The van der Waals surface area contributed by atoms with Crippen LogP contribution in [-0.4, -0.2) is 59.7 Å². The minimum atomic E-state index is 0.185. The normalized spacial score (nSPS) is 16.9. The Morgan fingerprint density at radius 1 is 1.17 bits per heavy atom. The number of halogens is 1. The highest BCUT2D eigenvalue weighted by atomic mass is 35.5. The van der Waals surface area contributed by atoms with E-state index in [1.54, 1.807) is 0 Å². The average molecular weight is 272 g/mol. The van der Waals surface area contributed by atoms with E-state index in [4.69, 9.17) is 16.3 Å². The number of anilines is 1. The van der Waals surface area contributed by atoms with Crippen molar-refractivity contribution in [2.24, 2.45) is 0 Å². The van der Waals surface area contributed by atoms with Gasteiger partial charge < -0.3 is 14.5 Å². The fourth-order valence-electron chi connectivity index (χ4n) is 1.73. The highest BCUT2D eigenvalue weighted by molar-refractivity contribution is 6.28. The molecule has 0 amide bonds. The number of likely N-dealkylation sites (N-methyl/N-ethyl adjacent to an activating group) is 1. The number of nitrogens with zero attached hydrogens (tertiary/aromatic N) is 5. The van der Waals surface area contributed by atoms with E-state index in [1.807, 2.05) is 6.92 Å². The van der Waals surface area contributed by atoms with Crippen molar-refractivity contribution in [3.8, 4) is 6.01 Å². The number of hydrogen-bond donors (Lipinski definition) is 0. The van der Waals surface area contributed by atoms with Gasteiger partial charge in [-0.2, -0.15) is 15.0 Å². The summed E-state index contributed by atoms with van der Waals surface area (Å²) in [5.41, 5.74) is 0. The van der Waals surface area contributed by atoms with E-state index < -0.39 is 0 Å². The van der Waals surface area contributed by atoms with Crippen LogP contribution in [0.3, 0.4) is 0 Å². The van der Waals surface area contributed by atoms with Gasteiger partial charge in [0.05, 0.1) is 6.61 Å². The molecule has 18 heavy (non-hydrogen) atoms. The van der Waals surface area contributed by atoms with Gasteiger partial charge in [-0.15, -0.1) is 0 Å². The highest BCUT2D eigenvalue weighted by Gasteiger charge is 2.18. The second-order valence-corrected chi connectivity index (χ2v) is 4.66. The molecule has 0 spiro atoms. The third kappa shape index (κ3) is 3.43. The summed E-state index contributed by atoms with van der Waals surface area (Å²) in [4.78, 5) is 16.8. The SMILES string of the molecule is CCCOc1nc(Cl)nc(N2CCN(C)CC2)n1. The van der Waals surface area contributed by atoms with Crippen LogP contribution in [0.2, 0.25) is 5.28 Å². The first-order chi connectivity index (χ1) is 8.69. The van der Waals surface area contributed by atoms with Crippen molar-refractivity contribution in [1.29, 1.82) is 0 Å². The summed E-state index contributed by atoms with van der Waals surface area (Å²) in [5.74, 6) is 0.606. The van der Waals surface area contributed by atoms with Crippen LogP contribution in [0.1, 0.15) is 13.3 Å². The maximum Gasteiger partial charge on any atom is 0.322 e. The van der Waals surface area contributed by atoms with E-state index in [0.29, 0.717) is 18.6 Å². The number of ether oxygens (including phenoxy) is 1. The van der Waals surface area contributed by atoms with E-state index in [0.717, 1.165) is 32.6 Å². The minimum Gasteiger partial charge on any atom is -0.463 e. The summed E-state index contributed by atoms with van der Waals surface area (Å²) in [6.45, 7) is 6.39. The Morgan fingerprint density at radius 2 is 1.89 bits per heavy atom. The lowest BCUT2D eigenvalue weighted by Crippen LogP contribution is -2.45. The molecule has 0 saturated carbocycles. The molecule has 0 aromatic carbocycles. The minimum absolute atomic E-state index is 0.185. The van der Waals surface area contributed by atoms with Crippen LogP contribution >= 0.6 is 11.6 Å². The van der Waals surface area contributed by atoms with Gasteiger partial charge in [-0.3, -0.25) is 0 Å². The zero-order valence-electron chi connectivity index (χ0n) is 10.8. The van der Waals surface area contributed by atoms with Crippen LogP contribution in [0.5, 0.6) is 6.01 Å². The average Bonchev–Trinajstić information content (AvgIpc) is 2.36. The fourth-order valence-corrected chi connectivity index (χ4v) is 1.88. The molecule has 0 unspecified atom stereocenters. The van der Waals surface area contributed by atoms with Gasteiger partial charge in [0.2, 0.25) is 11.2 Å². The van der Waals surface area contributed by atoms with E-state index >= 15 is 0 Å². The van der Waals surface area contributed by atoms with Crippen LogP contribution in [-0.2, 0) is 0 Å². The molecule has 1 aromatic heterocycles. The Hall–Kier alpha value is -1.14. The third-order valence-corrected chi connectivity index (χ3v) is 2.97. The number of hydrogen-bond acceptors (Lipinski definition) is 6. The van der Waals surface area contributed by atoms with E-state index in [9.17, 15) is 0 Å². The van der Waals surface area contributed by atoms with Crippen LogP contribution in [0.25, 0.3) is 0 Å². The molecule has 2 heterocycles. The number of rotatable bonds is 4. The molecule has 1 fully saturated rings. The molecule has 0 radical (unpaired) electrons. The Morgan fingerprint density at radius 3 is 2.56 bits per heavy atom. The lowest BCUT2D eigenvalue weighted by Gasteiger charge is -2.32. The largest absolute Gasteiger partial charge is 0.463 e. The maximum atomic E-state index is 5.90. The Labute approximate surface area is 112 Å². The quantitative estimate of drug-likeness (QED) is 0.816. The summed E-state index contributed by atoms with van der Waals surface area (Å²) in [6.07, 6.45) is 0.910. The molecule has 0 N–H and O–H groups in total. The summed E-state index contributed by atoms with van der Waals surface area (Å²) in [5, 5.41) is 0.185. The van der Waals surface area contributed by atoms with Crippen LogP contribution in [0, 0.1) is 0 Å². The van der Waals surface area contributed by atoms with E-state index in [2.05, 4.69) is 31.8 Å². The zero-order valence-corrected chi connectivity index (χ0v) is 11.5. The Balaban J connectivity index is 2.09. The van der Waals surface area contributed by atoms with Gasteiger partial charge in [0.1, 0.15) is 0 Å². The summed E-state index contributed by atoms with van der Waals surface area (Å²) >= 11 is 5.90. The molecular formula is C11H18ClN5O. The molecule has 6 nitrogen and oxygen atoms in total. The lowest BCUT2D eigenvalue weighted by molar-refractivity contribution is 0.288. The smallest absolute Gasteiger partial charge is 0.322 e. The monoisotopic (exact) mass is 271 g/mol. The molecule has 2 rings (SSSR count). The van der Waals surface area contributed by atoms with Crippen LogP contribution < -0.4 is 9.64 Å². The summed E-state index contributed by atoms with van der Waals surface area (Å²) in [7, 11) is 2.10. The predicted molar refractivity (Wildman–Crippen MR) is 70.3 cm³/mol. The van der Waals surface area contributed by atoms with Crippen LogP contribution in [0.15, 0.2) is 0 Å². The standard InChI is InChI=1S/C11H18ClN5O/c1-3-8-18-11-14-9(12)13-10(15-11)17-6-4-16(2)5-7-17/h3-8H2,1-2H3. The van der Waals surface area contributed by atoms with E-state index in [1.165, 1.54) is 0 Å². The van der Waals surface area contributed by atoms with Gasteiger partial charge in [-0.25, -0.2) is 0 Å². The van der Waals surface area contributed by atoms with Crippen molar-refractivity contribution >= 4 is 17.5 Å². The highest BCUT2D eigenvalue weighted by Crippen LogP contribution is 2.16. The van der Waals surface area contributed by atoms with Crippen LogP contribution in [0.4, 0.5) is 5.95 Å². The van der Waals surface area contributed by atoms with Gasteiger partial charge in [0, 0.05) is 26.2 Å². The first kappa shape index (κ1) is 13.3. The van der Waals surface area contributed by atoms with Gasteiger partial charge >= 0.3 is 6.01 Å². The van der Waals surface area contributed by atoms with Crippen molar-refractivity contribution in [1.82, 2.24) is 19.9 Å². The molecule has 1 aliphatic heterocycles. The second-order valence-electron chi connectivity index (χ2n) is 4.33. The molecule has 1 aliphatic rings. The maximum absolute atomic E-state index is 5.90. The first-order valence-electron chi connectivity index (χ1n) is 6.17. The molecule has 7 heteroatoms. The molecule has 1 saturated heterocycles. The molecular weight excluding hydrogens is 254 g/mol. The third-order valence-electron chi connectivity index (χ3n) is 2.80. The van der Waals surface area contributed by atoms with Crippen molar-refractivity contribution in [2.45, 2.75) is 13.3 Å². The topological polar surface area (TPSA) is 54.4 Å². The van der Waals surface area contributed by atoms with Gasteiger partial charge in [-0.1, -0.05) is 6.92 Å². The molecule has 0 aliphatic carbocycles. The van der Waals surface area contributed by atoms with Crippen molar-refractivity contribution in [3.05, 3.63) is 5.28 Å². The number of aromatic nitrogens is 3. The fraction of sp³-hybridized carbons (Fsp3) is 0.727. The van der Waals surface area contributed by atoms with Gasteiger partial charge in [-0.05, 0) is 25.1 Å². The Bertz CT molecular complexity index is 395. The van der Waals surface area contributed by atoms with Crippen molar-refractivity contribution in [2.75, 3.05) is 44.7 Å². The molecule has 1 aromatic rings. The Kier molecular flexibility index (Phi) is 4.54. The predicted octanol–water partition coefficient (Wildman–Crippen LogP) is 1.07. The van der Waals surface area contributed by atoms with E-state index in [-0.39, 0.29) is 5.28 Å². The molecule has 100 valence electrons. The van der Waals surface area contributed by atoms with Gasteiger partial charge in [0.25, 0.3) is 0 Å². The summed E-state index contributed by atoms with van der Waals surface area (Å²) in [6, 6.07) is 0.311. The van der Waals surface area contributed by atoms with Crippen molar-refractivity contribution < 1.29 is 4.74 Å². The summed E-state index contributed by atoms with van der Waals surface area (Å²) < 4.78 is 5.40. The lowest BCUT2D eigenvalue weighted by atomic mass is 10.3.